The van der Waals surface area contributed by atoms with Gasteiger partial charge in [-0.1, -0.05) is 13.0 Å². The second-order valence-corrected chi connectivity index (χ2v) is 6.98. The van der Waals surface area contributed by atoms with E-state index in [2.05, 4.69) is 4.72 Å². The van der Waals surface area contributed by atoms with Crippen LogP contribution in [0.2, 0.25) is 0 Å². The van der Waals surface area contributed by atoms with Crippen molar-refractivity contribution in [3.8, 4) is 11.8 Å². The third-order valence-electron chi connectivity index (χ3n) is 3.29. The molecule has 0 bridgehead atoms. The van der Waals surface area contributed by atoms with Gasteiger partial charge in [0.1, 0.15) is 5.75 Å². The lowest BCUT2D eigenvalue weighted by atomic mass is 10.2. The molecule has 0 saturated heterocycles. The minimum absolute atomic E-state index is 0.0140. The summed E-state index contributed by atoms with van der Waals surface area (Å²) >= 11 is 0. The maximum atomic E-state index is 13.0. The average Bonchev–Trinajstić information content (AvgIpc) is 2.59. The zero-order valence-electron chi connectivity index (χ0n) is 13.7. The molecule has 5 nitrogen and oxygen atoms in total. The zero-order valence-corrected chi connectivity index (χ0v) is 14.5. The Morgan fingerprint density at radius 1 is 1.19 bits per heavy atom. The lowest BCUT2D eigenvalue weighted by molar-refractivity contribution is -0.137. The maximum Gasteiger partial charge on any atom is 0.416 e. The highest BCUT2D eigenvalue weighted by molar-refractivity contribution is 7.92. The molecule has 0 aliphatic heterocycles. The van der Waals surface area contributed by atoms with Gasteiger partial charge >= 0.3 is 6.18 Å². The molecule has 2 rings (SSSR count). The third kappa shape index (κ3) is 4.67. The lowest BCUT2D eigenvalue weighted by Crippen LogP contribution is -2.15. The molecule has 0 unspecified atom stereocenters. The van der Waals surface area contributed by atoms with Gasteiger partial charge in [0.05, 0.1) is 34.4 Å². The molecule has 0 spiro atoms. The van der Waals surface area contributed by atoms with E-state index in [9.17, 15) is 21.6 Å². The molecule has 0 radical (unpaired) electrons. The number of nitriles is 1. The number of halogens is 3. The van der Waals surface area contributed by atoms with Crippen molar-refractivity contribution < 1.29 is 26.3 Å². The number of sulfonamides is 1. The van der Waals surface area contributed by atoms with E-state index in [-0.39, 0.29) is 28.5 Å². The van der Waals surface area contributed by atoms with Crippen LogP contribution in [0, 0.1) is 11.3 Å². The lowest BCUT2D eigenvalue weighted by Gasteiger charge is -2.16. The Kier molecular flexibility index (Phi) is 5.77. The Bertz CT molecular complexity index is 935. The van der Waals surface area contributed by atoms with Crippen molar-refractivity contribution in [2.24, 2.45) is 0 Å². The normalized spacial score (nSPS) is 11.7. The Morgan fingerprint density at radius 2 is 1.92 bits per heavy atom. The molecular formula is C17H15F3N2O3S. The number of nitrogens with one attached hydrogen (secondary N) is 1. The van der Waals surface area contributed by atoms with Gasteiger partial charge in [-0.3, -0.25) is 4.72 Å². The van der Waals surface area contributed by atoms with Crippen LogP contribution in [0.3, 0.4) is 0 Å². The number of benzene rings is 2. The molecule has 2 aromatic rings. The van der Waals surface area contributed by atoms with Gasteiger partial charge in [-0.2, -0.15) is 18.4 Å². The third-order valence-corrected chi connectivity index (χ3v) is 4.65. The minimum atomic E-state index is -4.63. The summed E-state index contributed by atoms with van der Waals surface area (Å²) in [6.45, 7) is 2.02. The summed E-state index contributed by atoms with van der Waals surface area (Å²) in [5.41, 5.74) is -1.22. The van der Waals surface area contributed by atoms with Crippen molar-refractivity contribution in [3.63, 3.8) is 0 Å². The Morgan fingerprint density at radius 3 is 2.54 bits per heavy atom. The first-order valence-electron chi connectivity index (χ1n) is 7.54. The largest absolute Gasteiger partial charge is 0.491 e. The van der Waals surface area contributed by atoms with Gasteiger partial charge < -0.3 is 4.74 Å². The predicted octanol–water partition coefficient (Wildman–Crippen LogP) is 4.17. The van der Waals surface area contributed by atoms with E-state index in [1.165, 1.54) is 18.2 Å². The van der Waals surface area contributed by atoms with Gasteiger partial charge in [0.25, 0.3) is 10.0 Å². The minimum Gasteiger partial charge on any atom is -0.491 e. The van der Waals surface area contributed by atoms with Crippen molar-refractivity contribution in [2.75, 3.05) is 11.3 Å². The molecule has 0 aliphatic carbocycles. The monoisotopic (exact) mass is 384 g/mol. The summed E-state index contributed by atoms with van der Waals surface area (Å²) in [6, 6.07) is 9.52. The molecule has 0 amide bonds. The SMILES string of the molecule is CCCOc1ccc(C(F)(F)F)cc1NS(=O)(=O)c1cccc(C#N)c1. The average molecular weight is 384 g/mol. The van der Waals surface area contributed by atoms with Crippen LogP contribution < -0.4 is 9.46 Å². The van der Waals surface area contributed by atoms with Crippen LogP contribution in [-0.4, -0.2) is 15.0 Å². The molecule has 9 heteroatoms. The van der Waals surface area contributed by atoms with Crippen LogP contribution >= 0.6 is 0 Å². The molecule has 0 atom stereocenters. The molecular weight excluding hydrogens is 369 g/mol. The Balaban J connectivity index is 2.46. The van der Waals surface area contributed by atoms with Crippen molar-refractivity contribution >= 4 is 15.7 Å². The number of nitrogens with zero attached hydrogens (tertiary/aromatic N) is 1. The molecule has 0 heterocycles. The molecule has 1 N–H and O–H groups in total. The van der Waals surface area contributed by atoms with Crippen molar-refractivity contribution in [1.29, 1.82) is 5.26 Å². The predicted molar refractivity (Wildman–Crippen MR) is 89.2 cm³/mol. The maximum absolute atomic E-state index is 13.0. The zero-order chi connectivity index (χ0) is 19.4. The summed E-state index contributed by atoms with van der Waals surface area (Å²) < 4.78 is 71.3. The number of ether oxygens (including phenoxy) is 1. The fourth-order valence-electron chi connectivity index (χ4n) is 2.06. The first-order chi connectivity index (χ1) is 12.2. The standard InChI is InChI=1S/C17H15F3N2O3S/c1-2-8-25-16-7-6-13(17(18,19)20)10-15(16)22-26(23,24)14-5-3-4-12(9-14)11-21/h3-7,9-10,22H,2,8H2,1H3. The number of anilines is 1. The number of rotatable bonds is 6. The molecule has 26 heavy (non-hydrogen) atoms. The number of hydrogen-bond donors (Lipinski definition) is 1. The highest BCUT2D eigenvalue weighted by Gasteiger charge is 2.32. The second kappa shape index (κ2) is 7.66. The summed E-state index contributed by atoms with van der Waals surface area (Å²) in [5, 5.41) is 8.87. The fourth-order valence-corrected chi connectivity index (χ4v) is 3.17. The molecule has 2 aromatic carbocycles. The van der Waals surface area contributed by atoms with E-state index in [4.69, 9.17) is 10.00 Å². The van der Waals surface area contributed by atoms with Crippen LogP contribution in [0.5, 0.6) is 5.75 Å². The van der Waals surface area contributed by atoms with E-state index in [0.717, 1.165) is 18.2 Å². The number of hydrogen-bond acceptors (Lipinski definition) is 4. The fraction of sp³-hybridized carbons (Fsp3) is 0.235. The van der Waals surface area contributed by atoms with E-state index in [1.54, 1.807) is 13.0 Å². The first kappa shape index (κ1) is 19.6. The van der Waals surface area contributed by atoms with Crippen LogP contribution in [-0.2, 0) is 16.2 Å². The Labute approximate surface area is 149 Å². The topological polar surface area (TPSA) is 79.2 Å². The second-order valence-electron chi connectivity index (χ2n) is 5.30. The highest BCUT2D eigenvalue weighted by Crippen LogP contribution is 2.36. The van der Waals surface area contributed by atoms with Crippen LogP contribution in [0.1, 0.15) is 24.5 Å². The summed E-state index contributed by atoms with van der Waals surface area (Å²) in [6.07, 6.45) is -4.04. The van der Waals surface area contributed by atoms with Crippen molar-refractivity contribution in [2.45, 2.75) is 24.4 Å². The van der Waals surface area contributed by atoms with Gasteiger partial charge in [0, 0.05) is 0 Å². The Hall–Kier alpha value is -2.73. The quantitative estimate of drug-likeness (QED) is 0.811. The van der Waals surface area contributed by atoms with Gasteiger partial charge in [-0.05, 0) is 42.8 Å². The van der Waals surface area contributed by atoms with E-state index in [0.29, 0.717) is 12.5 Å². The summed E-state index contributed by atoms with van der Waals surface area (Å²) in [4.78, 5) is -0.240. The molecule has 0 aliphatic rings. The van der Waals surface area contributed by atoms with E-state index in [1.807, 2.05) is 0 Å². The van der Waals surface area contributed by atoms with E-state index < -0.39 is 21.8 Å². The van der Waals surface area contributed by atoms with Crippen molar-refractivity contribution in [1.82, 2.24) is 0 Å². The molecule has 0 fully saturated rings. The smallest absolute Gasteiger partial charge is 0.416 e. The number of alkyl halides is 3. The van der Waals surface area contributed by atoms with E-state index >= 15 is 0 Å². The van der Waals surface area contributed by atoms with Gasteiger partial charge in [-0.25, -0.2) is 8.42 Å². The van der Waals surface area contributed by atoms with Gasteiger partial charge in [-0.15, -0.1) is 0 Å². The molecule has 138 valence electrons. The summed E-state index contributed by atoms with van der Waals surface area (Å²) in [7, 11) is -4.20. The van der Waals surface area contributed by atoms with Crippen LogP contribution in [0.15, 0.2) is 47.4 Å². The van der Waals surface area contributed by atoms with Crippen molar-refractivity contribution in [3.05, 3.63) is 53.6 Å². The first-order valence-corrected chi connectivity index (χ1v) is 9.02. The molecule has 0 aromatic heterocycles. The summed E-state index contributed by atoms with van der Waals surface area (Å²) in [5.74, 6) is -0.0140. The van der Waals surface area contributed by atoms with Crippen LogP contribution in [0.4, 0.5) is 18.9 Å². The molecule has 0 saturated carbocycles. The van der Waals surface area contributed by atoms with Crippen LogP contribution in [0.25, 0.3) is 0 Å². The highest BCUT2D eigenvalue weighted by atomic mass is 32.2. The van der Waals surface area contributed by atoms with Gasteiger partial charge in [0.2, 0.25) is 0 Å². The van der Waals surface area contributed by atoms with Gasteiger partial charge in [0.15, 0.2) is 0 Å².